The largest absolute Gasteiger partial charge is 0.319 e. The van der Waals surface area contributed by atoms with Gasteiger partial charge in [0.1, 0.15) is 11.8 Å². The topological polar surface area (TPSA) is 84.5 Å². The molecule has 2 amide bonds. The van der Waals surface area contributed by atoms with Crippen LogP contribution >= 0.6 is 0 Å². The predicted octanol–water partition coefficient (Wildman–Crippen LogP) is 1.65. The van der Waals surface area contributed by atoms with Crippen molar-refractivity contribution in [3.63, 3.8) is 0 Å². The Morgan fingerprint density at radius 2 is 1.95 bits per heavy atom. The molecule has 1 unspecified atom stereocenters. The molecule has 5 heteroatoms. The number of nitrogens with one attached hydrogen (secondary N) is 1. The van der Waals surface area contributed by atoms with E-state index in [2.05, 4.69) is 10.3 Å². The summed E-state index contributed by atoms with van der Waals surface area (Å²) < 4.78 is 0. The van der Waals surface area contributed by atoms with Crippen molar-refractivity contribution in [3.05, 3.63) is 35.4 Å². The SMILES string of the molecule is CCC(N)(CC)C1=NC(=O)C(c2cccc(C)c2)C(=O)N1. The molecular weight excluding hydrogens is 266 g/mol. The molecule has 0 bridgehead atoms. The van der Waals surface area contributed by atoms with E-state index >= 15 is 0 Å². The third-order valence-corrected chi connectivity index (χ3v) is 4.08. The second-order valence-corrected chi connectivity index (χ2v) is 5.50. The van der Waals surface area contributed by atoms with Gasteiger partial charge >= 0.3 is 0 Å². The van der Waals surface area contributed by atoms with E-state index in [1.54, 1.807) is 6.07 Å². The predicted molar refractivity (Wildman–Crippen MR) is 82.0 cm³/mol. The van der Waals surface area contributed by atoms with Gasteiger partial charge in [0.2, 0.25) is 5.91 Å². The number of nitrogens with zero attached hydrogens (tertiary/aromatic N) is 1. The molecule has 5 nitrogen and oxygen atoms in total. The number of rotatable bonds is 4. The van der Waals surface area contributed by atoms with Crippen molar-refractivity contribution in [2.75, 3.05) is 0 Å². The maximum atomic E-state index is 12.3. The van der Waals surface area contributed by atoms with Crippen LogP contribution in [0.3, 0.4) is 0 Å². The molecule has 3 N–H and O–H groups in total. The van der Waals surface area contributed by atoms with E-state index in [0.29, 0.717) is 18.4 Å². The fourth-order valence-corrected chi connectivity index (χ4v) is 2.47. The Bertz CT molecular complexity index is 603. The molecular formula is C16H21N3O2. The minimum absolute atomic E-state index is 0.284. The van der Waals surface area contributed by atoms with Crippen LogP contribution in [0, 0.1) is 6.92 Å². The number of carbonyl (C=O) groups is 2. The Morgan fingerprint density at radius 1 is 1.29 bits per heavy atom. The molecule has 1 aromatic carbocycles. The first-order valence-corrected chi connectivity index (χ1v) is 7.20. The van der Waals surface area contributed by atoms with Gasteiger partial charge in [0.25, 0.3) is 5.91 Å². The van der Waals surface area contributed by atoms with Crippen molar-refractivity contribution in [1.82, 2.24) is 5.32 Å². The summed E-state index contributed by atoms with van der Waals surface area (Å²) in [4.78, 5) is 28.7. The first-order chi connectivity index (χ1) is 9.91. The van der Waals surface area contributed by atoms with Crippen LogP contribution in [-0.2, 0) is 9.59 Å². The maximum absolute atomic E-state index is 12.3. The highest BCUT2D eigenvalue weighted by molar-refractivity contribution is 6.21. The van der Waals surface area contributed by atoms with Crippen molar-refractivity contribution < 1.29 is 9.59 Å². The van der Waals surface area contributed by atoms with E-state index < -0.39 is 17.4 Å². The zero-order valence-corrected chi connectivity index (χ0v) is 12.6. The van der Waals surface area contributed by atoms with Gasteiger partial charge < -0.3 is 11.1 Å². The highest BCUT2D eigenvalue weighted by atomic mass is 16.2. The van der Waals surface area contributed by atoms with Crippen molar-refractivity contribution in [1.29, 1.82) is 0 Å². The summed E-state index contributed by atoms with van der Waals surface area (Å²) in [5.41, 5.74) is 7.11. The number of aliphatic imine (C=N–C) groups is 1. The van der Waals surface area contributed by atoms with Gasteiger partial charge in [0.15, 0.2) is 0 Å². The van der Waals surface area contributed by atoms with E-state index in [1.807, 2.05) is 39.0 Å². The maximum Gasteiger partial charge on any atom is 0.264 e. The van der Waals surface area contributed by atoms with Gasteiger partial charge in [-0.2, -0.15) is 4.99 Å². The van der Waals surface area contributed by atoms with Crippen molar-refractivity contribution in [2.24, 2.45) is 10.7 Å². The molecule has 1 aliphatic rings. The number of carbonyl (C=O) groups excluding carboxylic acids is 2. The second kappa shape index (κ2) is 5.77. The third-order valence-electron chi connectivity index (χ3n) is 4.08. The molecule has 1 aromatic rings. The lowest BCUT2D eigenvalue weighted by atomic mass is 9.89. The summed E-state index contributed by atoms with van der Waals surface area (Å²) in [6, 6.07) is 7.35. The van der Waals surface area contributed by atoms with Gasteiger partial charge in [-0.05, 0) is 25.3 Å². The smallest absolute Gasteiger partial charge is 0.264 e. The highest BCUT2D eigenvalue weighted by Gasteiger charge is 2.39. The van der Waals surface area contributed by atoms with E-state index in [-0.39, 0.29) is 11.7 Å². The minimum Gasteiger partial charge on any atom is -0.319 e. The lowest BCUT2D eigenvalue weighted by Gasteiger charge is -2.32. The Hall–Kier alpha value is -2.01. The number of amidine groups is 1. The fourth-order valence-electron chi connectivity index (χ4n) is 2.47. The van der Waals surface area contributed by atoms with Gasteiger partial charge in [0, 0.05) is 0 Å². The van der Waals surface area contributed by atoms with Crippen LogP contribution in [0.4, 0.5) is 0 Å². The van der Waals surface area contributed by atoms with Crippen LogP contribution in [-0.4, -0.2) is 23.2 Å². The van der Waals surface area contributed by atoms with Crippen LogP contribution in [0.5, 0.6) is 0 Å². The van der Waals surface area contributed by atoms with E-state index in [1.165, 1.54) is 0 Å². The summed E-state index contributed by atoms with van der Waals surface area (Å²) in [6.45, 7) is 5.74. The van der Waals surface area contributed by atoms with Crippen LogP contribution in [0.25, 0.3) is 0 Å². The lowest BCUT2D eigenvalue weighted by Crippen LogP contribution is -2.58. The molecule has 0 fully saturated rings. The van der Waals surface area contributed by atoms with Crippen molar-refractivity contribution in [3.8, 4) is 0 Å². The first kappa shape index (κ1) is 15.4. The molecule has 1 heterocycles. The number of amides is 2. The number of hydrogen-bond donors (Lipinski definition) is 2. The second-order valence-electron chi connectivity index (χ2n) is 5.50. The Labute approximate surface area is 124 Å². The van der Waals surface area contributed by atoms with Crippen LogP contribution in [0.15, 0.2) is 29.3 Å². The van der Waals surface area contributed by atoms with Gasteiger partial charge in [-0.15, -0.1) is 0 Å². The molecule has 0 radical (unpaired) electrons. The van der Waals surface area contributed by atoms with E-state index in [0.717, 1.165) is 5.56 Å². The average molecular weight is 287 g/mol. The summed E-state index contributed by atoms with van der Waals surface area (Å²) in [5.74, 6) is -1.40. The van der Waals surface area contributed by atoms with Crippen molar-refractivity contribution >= 4 is 17.6 Å². The zero-order valence-electron chi connectivity index (χ0n) is 12.6. The monoisotopic (exact) mass is 287 g/mol. The Balaban J connectivity index is 2.37. The Morgan fingerprint density at radius 3 is 2.48 bits per heavy atom. The van der Waals surface area contributed by atoms with Crippen LogP contribution in [0.1, 0.15) is 43.7 Å². The number of benzene rings is 1. The van der Waals surface area contributed by atoms with Gasteiger partial charge in [-0.25, -0.2) is 0 Å². The molecule has 1 atom stereocenters. The molecule has 21 heavy (non-hydrogen) atoms. The molecule has 1 aliphatic heterocycles. The third kappa shape index (κ3) is 2.88. The van der Waals surface area contributed by atoms with Gasteiger partial charge in [0.05, 0.1) is 5.54 Å². The summed E-state index contributed by atoms with van der Waals surface area (Å²) >= 11 is 0. The van der Waals surface area contributed by atoms with E-state index in [4.69, 9.17) is 5.73 Å². The molecule has 2 rings (SSSR count). The molecule has 112 valence electrons. The molecule has 0 aliphatic carbocycles. The number of hydrogen-bond acceptors (Lipinski definition) is 3. The number of aryl methyl sites for hydroxylation is 1. The highest BCUT2D eigenvalue weighted by Crippen LogP contribution is 2.24. The normalized spacial score (nSPS) is 19.2. The molecule has 0 saturated carbocycles. The average Bonchev–Trinajstić information content (AvgIpc) is 2.45. The van der Waals surface area contributed by atoms with Gasteiger partial charge in [-0.3, -0.25) is 9.59 Å². The van der Waals surface area contributed by atoms with Gasteiger partial charge in [-0.1, -0.05) is 43.7 Å². The van der Waals surface area contributed by atoms with Crippen LogP contribution < -0.4 is 11.1 Å². The number of nitrogens with two attached hydrogens (primary N) is 1. The van der Waals surface area contributed by atoms with Crippen molar-refractivity contribution in [2.45, 2.75) is 45.1 Å². The zero-order chi connectivity index (χ0) is 15.6. The minimum atomic E-state index is -0.883. The molecule has 0 spiro atoms. The lowest BCUT2D eigenvalue weighted by molar-refractivity contribution is -0.130. The molecule has 0 saturated heterocycles. The first-order valence-electron chi connectivity index (χ1n) is 7.20. The Kier molecular flexibility index (Phi) is 4.23. The van der Waals surface area contributed by atoms with Crippen LogP contribution in [0.2, 0.25) is 0 Å². The quantitative estimate of drug-likeness (QED) is 0.826. The summed E-state index contributed by atoms with van der Waals surface area (Å²) in [5, 5.41) is 2.72. The molecule has 0 aromatic heterocycles. The summed E-state index contributed by atoms with van der Waals surface area (Å²) in [7, 11) is 0. The fraction of sp³-hybridized carbons (Fsp3) is 0.438. The van der Waals surface area contributed by atoms with E-state index in [9.17, 15) is 9.59 Å². The summed E-state index contributed by atoms with van der Waals surface area (Å²) in [6.07, 6.45) is 1.20. The standard InChI is InChI=1S/C16H21N3O2/c1-4-16(17,5-2)15-18-13(20)12(14(21)19-15)11-8-6-7-10(3)9-11/h6-9,12H,4-5,17H2,1-3H3,(H,18,19,20,21).